The first-order chi connectivity index (χ1) is 10.7. The van der Waals surface area contributed by atoms with Crippen LogP contribution in [0.25, 0.3) is 0 Å². The van der Waals surface area contributed by atoms with Crippen molar-refractivity contribution in [3.63, 3.8) is 0 Å². The molecule has 2 atom stereocenters. The highest BCUT2D eigenvalue weighted by molar-refractivity contribution is 5.91. The van der Waals surface area contributed by atoms with Crippen LogP contribution in [-0.2, 0) is 16.1 Å². The van der Waals surface area contributed by atoms with Crippen molar-refractivity contribution in [3.8, 4) is 0 Å². The van der Waals surface area contributed by atoms with Crippen LogP contribution in [-0.4, -0.2) is 40.2 Å². The van der Waals surface area contributed by atoms with Gasteiger partial charge in [-0.3, -0.25) is 9.59 Å². The quantitative estimate of drug-likeness (QED) is 0.857. The molecule has 0 spiro atoms. The zero-order valence-electron chi connectivity index (χ0n) is 13.2. The Bertz CT molecular complexity index is 543. The molecule has 2 aliphatic heterocycles. The molecule has 2 fully saturated rings. The molecule has 3 rings (SSSR count). The Morgan fingerprint density at radius 3 is 2.73 bits per heavy atom. The summed E-state index contributed by atoms with van der Waals surface area (Å²) in [5.74, 6) is 0.264. The van der Waals surface area contributed by atoms with Crippen LogP contribution in [0, 0.1) is 0 Å². The average Bonchev–Trinajstić information content (AvgIpc) is 3.15. The maximum atomic E-state index is 12.9. The number of benzene rings is 1. The van der Waals surface area contributed by atoms with Crippen LogP contribution in [0.1, 0.15) is 44.6 Å². The first-order valence-electron chi connectivity index (χ1n) is 8.34. The van der Waals surface area contributed by atoms with Crippen LogP contribution in [0.5, 0.6) is 0 Å². The fourth-order valence-electron chi connectivity index (χ4n) is 3.71. The smallest absolute Gasteiger partial charge is 0.245 e. The van der Waals surface area contributed by atoms with Crippen molar-refractivity contribution in [2.45, 2.75) is 57.7 Å². The fraction of sp³-hybridized carbons (Fsp3) is 0.556. The van der Waals surface area contributed by atoms with Crippen molar-refractivity contribution in [2.24, 2.45) is 0 Å². The van der Waals surface area contributed by atoms with Gasteiger partial charge in [-0.15, -0.1) is 0 Å². The Hall–Kier alpha value is -1.84. The molecule has 0 saturated carbocycles. The Morgan fingerprint density at radius 2 is 2.00 bits per heavy atom. The third-order valence-electron chi connectivity index (χ3n) is 4.94. The molecule has 118 valence electrons. The van der Waals surface area contributed by atoms with E-state index < -0.39 is 0 Å². The largest absolute Gasteiger partial charge is 0.338 e. The molecule has 1 aromatic rings. The SMILES string of the molecule is CCC1CCCN1C(=O)C1CCC(=O)N1Cc1ccccc1. The number of amides is 2. The van der Waals surface area contributed by atoms with Crippen molar-refractivity contribution in [1.82, 2.24) is 9.80 Å². The molecule has 2 heterocycles. The lowest BCUT2D eigenvalue weighted by Gasteiger charge is -2.31. The van der Waals surface area contributed by atoms with E-state index in [1.165, 1.54) is 0 Å². The summed E-state index contributed by atoms with van der Waals surface area (Å²) in [6.45, 7) is 3.53. The fourth-order valence-corrected chi connectivity index (χ4v) is 3.71. The van der Waals surface area contributed by atoms with Crippen LogP contribution in [0.15, 0.2) is 30.3 Å². The molecule has 0 aromatic heterocycles. The maximum absolute atomic E-state index is 12.9. The zero-order valence-corrected chi connectivity index (χ0v) is 13.2. The van der Waals surface area contributed by atoms with E-state index in [1.807, 2.05) is 35.2 Å². The van der Waals surface area contributed by atoms with Gasteiger partial charge < -0.3 is 9.80 Å². The number of carbonyl (C=O) groups excluding carboxylic acids is 2. The predicted molar refractivity (Wildman–Crippen MR) is 85.0 cm³/mol. The monoisotopic (exact) mass is 300 g/mol. The van der Waals surface area contributed by atoms with Gasteiger partial charge in [-0.2, -0.15) is 0 Å². The summed E-state index contributed by atoms with van der Waals surface area (Å²) >= 11 is 0. The van der Waals surface area contributed by atoms with Gasteiger partial charge in [0.2, 0.25) is 11.8 Å². The summed E-state index contributed by atoms with van der Waals surface area (Å²) in [6, 6.07) is 10.0. The van der Waals surface area contributed by atoms with Crippen molar-refractivity contribution >= 4 is 11.8 Å². The number of rotatable bonds is 4. The molecule has 2 amide bonds. The first-order valence-corrected chi connectivity index (χ1v) is 8.34. The van der Waals surface area contributed by atoms with Gasteiger partial charge in [0.15, 0.2) is 0 Å². The van der Waals surface area contributed by atoms with Crippen LogP contribution >= 0.6 is 0 Å². The van der Waals surface area contributed by atoms with Crippen molar-refractivity contribution in [2.75, 3.05) is 6.54 Å². The highest BCUT2D eigenvalue weighted by Crippen LogP contribution is 2.27. The van der Waals surface area contributed by atoms with Gasteiger partial charge in [0, 0.05) is 25.6 Å². The molecule has 1 aromatic carbocycles. The molecule has 0 radical (unpaired) electrons. The van der Waals surface area contributed by atoms with Gasteiger partial charge in [0.25, 0.3) is 0 Å². The Balaban J connectivity index is 1.74. The van der Waals surface area contributed by atoms with Crippen LogP contribution in [0.3, 0.4) is 0 Å². The van der Waals surface area contributed by atoms with E-state index >= 15 is 0 Å². The van der Waals surface area contributed by atoms with E-state index in [0.717, 1.165) is 31.4 Å². The van der Waals surface area contributed by atoms with E-state index in [4.69, 9.17) is 0 Å². The standard InChI is InChI=1S/C18H24N2O2/c1-2-15-9-6-12-19(15)18(22)16-10-11-17(21)20(16)13-14-7-4-3-5-8-14/h3-5,7-8,15-16H,2,6,9-13H2,1H3. The maximum Gasteiger partial charge on any atom is 0.245 e. The summed E-state index contributed by atoms with van der Waals surface area (Å²) < 4.78 is 0. The number of carbonyl (C=O) groups is 2. The summed E-state index contributed by atoms with van der Waals surface area (Å²) in [5.41, 5.74) is 1.09. The lowest BCUT2D eigenvalue weighted by Crippen LogP contribution is -2.48. The molecule has 22 heavy (non-hydrogen) atoms. The molecule has 4 heteroatoms. The van der Waals surface area contributed by atoms with Gasteiger partial charge in [-0.05, 0) is 31.2 Å². The normalized spacial score (nSPS) is 25.0. The van der Waals surface area contributed by atoms with E-state index in [-0.39, 0.29) is 17.9 Å². The molecule has 0 N–H and O–H groups in total. The van der Waals surface area contributed by atoms with Gasteiger partial charge in [0.05, 0.1) is 0 Å². The molecular weight excluding hydrogens is 276 g/mol. The minimum atomic E-state index is -0.264. The summed E-state index contributed by atoms with van der Waals surface area (Å²) in [6.07, 6.45) is 4.35. The minimum absolute atomic E-state index is 0.106. The third-order valence-corrected chi connectivity index (χ3v) is 4.94. The molecule has 4 nitrogen and oxygen atoms in total. The summed E-state index contributed by atoms with van der Waals surface area (Å²) in [7, 11) is 0. The second kappa shape index (κ2) is 6.51. The molecule has 2 unspecified atom stereocenters. The number of nitrogens with zero attached hydrogens (tertiary/aromatic N) is 2. The Kier molecular flexibility index (Phi) is 4.46. The highest BCUT2D eigenvalue weighted by atomic mass is 16.2. The molecular formula is C18H24N2O2. The second-order valence-electron chi connectivity index (χ2n) is 6.30. The van der Waals surface area contributed by atoms with Gasteiger partial charge in [0.1, 0.15) is 6.04 Å². The summed E-state index contributed by atoms with van der Waals surface area (Å²) in [5, 5.41) is 0. The van der Waals surface area contributed by atoms with Crippen molar-refractivity contribution in [1.29, 1.82) is 0 Å². The van der Waals surface area contributed by atoms with Crippen molar-refractivity contribution in [3.05, 3.63) is 35.9 Å². The second-order valence-corrected chi connectivity index (χ2v) is 6.30. The van der Waals surface area contributed by atoms with E-state index in [2.05, 4.69) is 6.92 Å². The number of hydrogen-bond acceptors (Lipinski definition) is 2. The lowest BCUT2D eigenvalue weighted by molar-refractivity contribution is -0.142. The molecule has 0 bridgehead atoms. The Labute approximate surface area is 132 Å². The van der Waals surface area contributed by atoms with E-state index in [1.54, 1.807) is 4.90 Å². The molecule has 0 aliphatic carbocycles. The van der Waals surface area contributed by atoms with Crippen LogP contribution in [0.2, 0.25) is 0 Å². The number of likely N-dealkylation sites (tertiary alicyclic amines) is 2. The zero-order chi connectivity index (χ0) is 15.5. The van der Waals surface area contributed by atoms with Gasteiger partial charge >= 0.3 is 0 Å². The predicted octanol–water partition coefficient (Wildman–Crippen LogP) is 2.58. The summed E-state index contributed by atoms with van der Waals surface area (Å²) in [4.78, 5) is 28.9. The molecule has 2 saturated heterocycles. The Morgan fingerprint density at radius 1 is 1.23 bits per heavy atom. The van der Waals surface area contributed by atoms with Crippen molar-refractivity contribution < 1.29 is 9.59 Å². The van der Waals surface area contributed by atoms with E-state index in [0.29, 0.717) is 25.4 Å². The number of hydrogen-bond donors (Lipinski definition) is 0. The van der Waals surface area contributed by atoms with Crippen LogP contribution in [0.4, 0.5) is 0 Å². The highest BCUT2D eigenvalue weighted by Gasteiger charge is 2.40. The van der Waals surface area contributed by atoms with Gasteiger partial charge in [-0.1, -0.05) is 37.3 Å². The van der Waals surface area contributed by atoms with Crippen LogP contribution < -0.4 is 0 Å². The average molecular weight is 300 g/mol. The van der Waals surface area contributed by atoms with Gasteiger partial charge in [-0.25, -0.2) is 0 Å². The first kappa shape index (κ1) is 15.1. The molecule has 2 aliphatic rings. The minimum Gasteiger partial charge on any atom is -0.338 e. The van der Waals surface area contributed by atoms with E-state index in [9.17, 15) is 9.59 Å². The third kappa shape index (κ3) is 2.87. The topological polar surface area (TPSA) is 40.6 Å². The lowest BCUT2D eigenvalue weighted by atomic mass is 10.1.